The Morgan fingerprint density at radius 2 is 2.07 bits per heavy atom. The second-order valence-corrected chi connectivity index (χ2v) is 3.77. The summed E-state index contributed by atoms with van der Waals surface area (Å²) in [4.78, 5) is 4.32. The van der Waals surface area contributed by atoms with Crippen LogP contribution in [0.1, 0.15) is 31.9 Å². The van der Waals surface area contributed by atoms with Gasteiger partial charge in [-0.15, -0.1) is 0 Å². The average molecular weight is 209 g/mol. The minimum Gasteiger partial charge on any atom is -0.492 e. The molecule has 0 saturated heterocycles. The third-order valence-corrected chi connectivity index (χ3v) is 2.11. The zero-order valence-corrected chi connectivity index (χ0v) is 9.69. The van der Waals surface area contributed by atoms with Gasteiger partial charge in [0.25, 0.3) is 0 Å². The highest BCUT2D eigenvalue weighted by atomic mass is 16.5. The smallest absolute Gasteiger partial charge is 0.137 e. The van der Waals surface area contributed by atoms with E-state index in [0.29, 0.717) is 12.5 Å². The summed E-state index contributed by atoms with van der Waals surface area (Å²) in [6, 6.07) is 3.98. The number of rotatable bonds is 6. The lowest BCUT2D eigenvalue weighted by Gasteiger charge is -2.07. The van der Waals surface area contributed by atoms with Crippen LogP contribution in [0.5, 0.6) is 5.75 Å². The predicted octanol–water partition coefficient (Wildman–Crippen LogP) is 2.62. The SMILES string of the molecule is COCCCOc1ccc(C(C)C)nc1. The van der Waals surface area contributed by atoms with Gasteiger partial charge in [-0.25, -0.2) is 0 Å². The van der Waals surface area contributed by atoms with Gasteiger partial charge in [-0.3, -0.25) is 4.98 Å². The molecule has 0 fully saturated rings. The van der Waals surface area contributed by atoms with Gasteiger partial charge in [-0.1, -0.05) is 13.8 Å². The summed E-state index contributed by atoms with van der Waals surface area (Å²) in [5, 5.41) is 0. The van der Waals surface area contributed by atoms with Gasteiger partial charge in [0.1, 0.15) is 5.75 Å². The summed E-state index contributed by atoms with van der Waals surface area (Å²) >= 11 is 0. The molecule has 0 radical (unpaired) electrons. The molecule has 0 N–H and O–H groups in total. The highest BCUT2D eigenvalue weighted by molar-refractivity contribution is 5.21. The molecule has 3 heteroatoms. The van der Waals surface area contributed by atoms with Gasteiger partial charge in [0.2, 0.25) is 0 Å². The van der Waals surface area contributed by atoms with E-state index in [9.17, 15) is 0 Å². The van der Waals surface area contributed by atoms with Crippen LogP contribution in [0.3, 0.4) is 0 Å². The Bertz CT molecular complexity index is 269. The molecule has 1 aromatic heterocycles. The lowest BCUT2D eigenvalue weighted by atomic mass is 10.1. The van der Waals surface area contributed by atoms with Gasteiger partial charge in [0.05, 0.1) is 12.8 Å². The number of aromatic nitrogens is 1. The Balaban J connectivity index is 2.36. The van der Waals surface area contributed by atoms with Crippen molar-refractivity contribution >= 4 is 0 Å². The lowest BCUT2D eigenvalue weighted by molar-refractivity contribution is 0.172. The van der Waals surface area contributed by atoms with Crippen LogP contribution in [0.2, 0.25) is 0 Å². The van der Waals surface area contributed by atoms with Crippen LogP contribution in [0.15, 0.2) is 18.3 Å². The zero-order valence-electron chi connectivity index (χ0n) is 9.69. The van der Waals surface area contributed by atoms with Crippen LogP contribution < -0.4 is 4.74 Å². The topological polar surface area (TPSA) is 31.4 Å². The minimum atomic E-state index is 0.465. The molecule has 0 bridgehead atoms. The van der Waals surface area contributed by atoms with Gasteiger partial charge in [0.15, 0.2) is 0 Å². The number of hydrogen-bond donors (Lipinski definition) is 0. The van der Waals surface area contributed by atoms with Crippen LogP contribution >= 0.6 is 0 Å². The van der Waals surface area contributed by atoms with E-state index >= 15 is 0 Å². The van der Waals surface area contributed by atoms with Crippen LogP contribution in [0, 0.1) is 0 Å². The number of ether oxygens (including phenoxy) is 2. The number of pyridine rings is 1. The maximum atomic E-state index is 5.50. The molecule has 0 aromatic carbocycles. The molecule has 0 aliphatic carbocycles. The van der Waals surface area contributed by atoms with Gasteiger partial charge in [0, 0.05) is 25.8 Å². The Morgan fingerprint density at radius 1 is 1.27 bits per heavy atom. The van der Waals surface area contributed by atoms with Crippen molar-refractivity contribution in [1.29, 1.82) is 0 Å². The molecule has 0 aliphatic rings. The Morgan fingerprint density at radius 3 is 2.60 bits per heavy atom. The molecule has 0 saturated carbocycles. The number of hydrogen-bond acceptors (Lipinski definition) is 3. The number of nitrogens with zero attached hydrogens (tertiary/aromatic N) is 1. The zero-order chi connectivity index (χ0) is 11.1. The Kier molecular flexibility index (Phi) is 5.12. The van der Waals surface area contributed by atoms with Crippen molar-refractivity contribution in [1.82, 2.24) is 4.98 Å². The van der Waals surface area contributed by atoms with Crippen molar-refractivity contribution in [2.75, 3.05) is 20.3 Å². The number of methoxy groups -OCH3 is 1. The van der Waals surface area contributed by atoms with E-state index in [2.05, 4.69) is 18.8 Å². The summed E-state index contributed by atoms with van der Waals surface area (Å²) in [7, 11) is 1.69. The fourth-order valence-corrected chi connectivity index (χ4v) is 1.21. The molecule has 15 heavy (non-hydrogen) atoms. The predicted molar refractivity (Wildman–Crippen MR) is 60.3 cm³/mol. The molecule has 0 atom stereocenters. The summed E-state index contributed by atoms with van der Waals surface area (Å²) < 4.78 is 10.4. The standard InChI is InChI=1S/C12H19NO2/c1-10(2)12-6-5-11(9-13-12)15-8-4-7-14-3/h5-6,9-10H,4,7-8H2,1-3H3. The first kappa shape index (κ1) is 12.0. The highest BCUT2D eigenvalue weighted by Crippen LogP contribution is 2.15. The van der Waals surface area contributed by atoms with Crippen molar-refractivity contribution < 1.29 is 9.47 Å². The second kappa shape index (κ2) is 6.40. The minimum absolute atomic E-state index is 0.465. The summed E-state index contributed by atoms with van der Waals surface area (Å²) in [6.45, 7) is 5.66. The van der Waals surface area contributed by atoms with E-state index in [0.717, 1.165) is 24.5 Å². The van der Waals surface area contributed by atoms with Crippen molar-refractivity contribution in [2.24, 2.45) is 0 Å². The molecule has 1 aromatic rings. The van der Waals surface area contributed by atoms with Crippen LogP contribution in [-0.2, 0) is 4.74 Å². The van der Waals surface area contributed by atoms with Gasteiger partial charge >= 0.3 is 0 Å². The molecule has 0 unspecified atom stereocenters. The molecule has 1 heterocycles. The lowest BCUT2D eigenvalue weighted by Crippen LogP contribution is -2.02. The largest absolute Gasteiger partial charge is 0.492 e. The van der Waals surface area contributed by atoms with Gasteiger partial charge < -0.3 is 9.47 Å². The molecule has 0 spiro atoms. The first-order chi connectivity index (χ1) is 7.24. The van der Waals surface area contributed by atoms with Crippen molar-refractivity contribution in [3.8, 4) is 5.75 Å². The summed E-state index contributed by atoms with van der Waals surface area (Å²) in [5.74, 6) is 1.29. The van der Waals surface area contributed by atoms with Crippen LogP contribution in [0.25, 0.3) is 0 Å². The van der Waals surface area contributed by atoms with Crippen LogP contribution in [0.4, 0.5) is 0 Å². The molecule has 84 valence electrons. The molecule has 0 amide bonds. The Hall–Kier alpha value is -1.09. The fraction of sp³-hybridized carbons (Fsp3) is 0.583. The maximum absolute atomic E-state index is 5.50. The van der Waals surface area contributed by atoms with E-state index in [1.165, 1.54) is 0 Å². The Labute approximate surface area is 91.4 Å². The molecular formula is C12H19NO2. The summed E-state index contributed by atoms with van der Waals surface area (Å²) in [5.41, 5.74) is 1.10. The monoisotopic (exact) mass is 209 g/mol. The fourth-order valence-electron chi connectivity index (χ4n) is 1.21. The quantitative estimate of drug-likeness (QED) is 0.675. The van der Waals surface area contributed by atoms with Crippen molar-refractivity contribution in [3.05, 3.63) is 24.0 Å². The molecule has 1 rings (SSSR count). The third kappa shape index (κ3) is 4.30. The van der Waals surface area contributed by atoms with Gasteiger partial charge in [-0.2, -0.15) is 0 Å². The maximum Gasteiger partial charge on any atom is 0.137 e. The van der Waals surface area contributed by atoms with Crippen molar-refractivity contribution in [3.63, 3.8) is 0 Å². The first-order valence-corrected chi connectivity index (χ1v) is 5.31. The van der Waals surface area contributed by atoms with E-state index in [1.807, 2.05) is 12.1 Å². The van der Waals surface area contributed by atoms with Crippen molar-refractivity contribution in [2.45, 2.75) is 26.2 Å². The second-order valence-electron chi connectivity index (χ2n) is 3.77. The summed E-state index contributed by atoms with van der Waals surface area (Å²) in [6.07, 6.45) is 2.69. The van der Waals surface area contributed by atoms with E-state index in [4.69, 9.17) is 9.47 Å². The first-order valence-electron chi connectivity index (χ1n) is 5.31. The van der Waals surface area contributed by atoms with Crippen LogP contribution in [-0.4, -0.2) is 25.3 Å². The third-order valence-electron chi connectivity index (χ3n) is 2.11. The van der Waals surface area contributed by atoms with E-state index in [1.54, 1.807) is 13.3 Å². The van der Waals surface area contributed by atoms with E-state index in [-0.39, 0.29) is 0 Å². The highest BCUT2D eigenvalue weighted by Gasteiger charge is 2.00. The normalized spacial score (nSPS) is 10.7. The average Bonchev–Trinajstić information content (AvgIpc) is 2.25. The molecule has 3 nitrogen and oxygen atoms in total. The van der Waals surface area contributed by atoms with E-state index < -0.39 is 0 Å². The van der Waals surface area contributed by atoms with Gasteiger partial charge in [-0.05, 0) is 18.1 Å². The molecule has 0 aliphatic heterocycles. The molecular weight excluding hydrogens is 190 g/mol.